The number of alkyl halides is 12. The van der Waals surface area contributed by atoms with Crippen molar-refractivity contribution in [3.8, 4) is 0 Å². The Morgan fingerprint density at radius 2 is 1.00 bits per heavy atom. The maximum absolute atomic E-state index is 14.0. The molecule has 1 aliphatic heterocycles. The van der Waals surface area contributed by atoms with Crippen LogP contribution in [0.5, 0.6) is 0 Å². The third-order valence-corrected chi connectivity index (χ3v) is 7.78. The number of nitrogens with zero attached hydrogens (tertiary/aromatic N) is 1. The first-order valence-corrected chi connectivity index (χ1v) is 16.7. The van der Waals surface area contributed by atoms with Gasteiger partial charge in [0.2, 0.25) is 0 Å². The first kappa shape index (κ1) is 35.5. The highest BCUT2D eigenvalue weighted by Crippen LogP contribution is 2.50. The lowest BCUT2D eigenvalue weighted by molar-refractivity contribution is -0.144. The standard InChI is InChI=1S/C29H29F12NOSi/c1-5-6-7-10-42-11-8-9-24(42)25(43-44(2,3)4,18-12-20(26(30,31)32)16-21(13-18)27(33,34)35)19-14-22(28(36,37)38)17-23(15-19)29(39,40)41/h5-7,10,12-17,24H,8-9,11H2,1-4H3/b6-5-,10-7+/t24-/m0/s1. The van der Waals surface area contributed by atoms with E-state index in [9.17, 15) is 52.7 Å². The zero-order chi connectivity index (χ0) is 33.5. The number of allylic oxidation sites excluding steroid dienone is 3. The van der Waals surface area contributed by atoms with Crippen molar-refractivity contribution < 1.29 is 57.1 Å². The minimum absolute atomic E-state index is 0.0418. The molecule has 1 fully saturated rings. The van der Waals surface area contributed by atoms with Gasteiger partial charge in [0.15, 0.2) is 8.32 Å². The molecule has 1 atom stereocenters. The van der Waals surface area contributed by atoms with Crippen molar-refractivity contribution in [3.63, 3.8) is 0 Å². The predicted octanol–water partition coefficient (Wildman–Crippen LogP) is 10.4. The normalized spacial score (nSPS) is 17.8. The van der Waals surface area contributed by atoms with Crippen molar-refractivity contribution in [2.45, 2.75) is 75.8 Å². The number of rotatable bonds is 7. The van der Waals surface area contributed by atoms with E-state index in [1.54, 1.807) is 19.1 Å². The molecule has 0 aliphatic carbocycles. The van der Waals surface area contributed by atoms with Crippen LogP contribution < -0.4 is 0 Å². The molecule has 0 spiro atoms. The van der Waals surface area contributed by atoms with Gasteiger partial charge in [0.25, 0.3) is 0 Å². The lowest BCUT2D eigenvalue weighted by Crippen LogP contribution is -2.53. The summed E-state index contributed by atoms with van der Waals surface area (Å²) < 4.78 is 175. The van der Waals surface area contributed by atoms with Crippen LogP contribution in [-0.4, -0.2) is 25.8 Å². The van der Waals surface area contributed by atoms with Gasteiger partial charge >= 0.3 is 24.7 Å². The van der Waals surface area contributed by atoms with E-state index in [-0.39, 0.29) is 31.5 Å². The number of halogens is 12. The van der Waals surface area contributed by atoms with E-state index in [0.29, 0.717) is 24.3 Å². The Bertz CT molecular complexity index is 1240. The number of hydrogen-bond acceptors (Lipinski definition) is 2. The summed E-state index contributed by atoms with van der Waals surface area (Å²) >= 11 is 0. The second kappa shape index (κ2) is 12.1. The highest BCUT2D eigenvalue weighted by atomic mass is 28.4. The van der Waals surface area contributed by atoms with Crippen LogP contribution in [0.15, 0.2) is 60.8 Å². The van der Waals surface area contributed by atoms with Gasteiger partial charge in [-0.1, -0.05) is 12.2 Å². The van der Waals surface area contributed by atoms with Crippen molar-refractivity contribution >= 4 is 8.32 Å². The Morgan fingerprint density at radius 3 is 1.32 bits per heavy atom. The Hall–Kier alpha value is -2.94. The van der Waals surface area contributed by atoms with Crippen LogP contribution in [-0.2, 0) is 34.7 Å². The third kappa shape index (κ3) is 8.01. The summed E-state index contributed by atoms with van der Waals surface area (Å²) in [6.45, 7) is 6.24. The van der Waals surface area contributed by atoms with Gasteiger partial charge in [-0.2, -0.15) is 52.7 Å². The van der Waals surface area contributed by atoms with Crippen molar-refractivity contribution in [2.75, 3.05) is 6.54 Å². The molecular weight excluding hydrogens is 634 g/mol. The Balaban J connectivity index is 2.63. The fourth-order valence-electron chi connectivity index (χ4n) is 5.23. The maximum Gasteiger partial charge on any atom is 0.416 e. The Morgan fingerprint density at radius 1 is 0.636 bits per heavy atom. The molecule has 3 rings (SSSR count). The first-order valence-electron chi connectivity index (χ1n) is 13.2. The van der Waals surface area contributed by atoms with E-state index >= 15 is 0 Å². The fourth-order valence-corrected chi connectivity index (χ4v) is 6.57. The van der Waals surface area contributed by atoms with Crippen LogP contribution in [0.3, 0.4) is 0 Å². The Kier molecular flexibility index (Phi) is 9.77. The van der Waals surface area contributed by atoms with Crippen molar-refractivity contribution in [1.29, 1.82) is 0 Å². The molecule has 0 aromatic heterocycles. The molecule has 0 bridgehead atoms. The van der Waals surface area contributed by atoms with E-state index in [0.717, 1.165) is 0 Å². The van der Waals surface area contributed by atoms with Crippen LogP contribution in [0.2, 0.25) is 19.6 Å². The van der Waals surface area contributed by atoms with E-state index in [1.165, 1.54) is 36.8 Å². The summed E-state index contributed by atoms with van der Waals surface area (Å²) in [5, 5.41) is 0. The summed E-state index contributed by atoms with van der Waals surface area (Å²) in [7, 11) is -3.24. The molecule has 1 saturated heterocycles. The molecule has 244 valence electrons. The molecule has 2 aromatic carbocycles. The van der Waals surface area contributed by atoms with Crippen LogP contribution in [0.1, 0.15) is 53.1 Å². The maximum atomic E-state index is 14.0. The van der Waals surface area contributed by atoms with Gasteiger partial charge in [-0.3, -0.25) is 0 Å². The summed E-state index contributed by atoms with van der Waals surface area (Å²) in [6, 6.07) is -0.359. The number of likely N-dealkylation sites (tertiary alicyclic amines) is 1. The summed E-state index contributed by atoms with van der Waals surface area (Å²) in [5.74, 6) is 0. The van der Waals surface area contributed by atoms with Gasteiger partial charge in [0, 0.05) is 6.54 Å². The molecule has 0 unspecified atom stereocenters. The topological polar surface area (TPSA) is 12.5 Å². The number of benzene rings is 2. The van der Waals surface area contributed by atoms with Crippen molar-refractivity contribution in [1.82, 2.24) is 4.90 Å². The van der Waals surface area contributed by atoms with Crippen molar-refractivity contribution in [2.24, 2.45) is 0 Å². The van der Waals surface area contributed by atoms with E-state index in [2.05, 4.69) is 0 Å². The van der Waals surface area contributed by atoms with Crippen LogP contribution in [0, 0.1) is 0 Å². The van der Waals surface area contributed by atoms with Gasteiger partial charge in [-0.15, -0.1) is 0 Å². The second-order valence-corrected chi connectivity index (χ2v) is 15.7. The average molecular weight is 664 g/mol. The largest absolute Gasteiger partial charge is 0.416 e. The van der Waals surface area contributed by atoms with Crippen LogP contribution >= 0.6 is 0 Å². The molecule has 15 heteroatoms. The van der Waals surface area contributed by atoms with E-state index in [1.807, 2.05) is 0 Å². The third-order valence-electron chi connectivity index (χ3n) is 6.84. The summed E-state index contributed by atoms with van der Waals surface area (Å²) in [5.41, 5.74) is -11.5. The quantitative estimate of drug-likeness (QED) is 0.166. The smallest absolute Gasteiger partial charge is 0.402 e. The van der Waals surface area contributed by atoms with Gasteiger partial charge in [-0.25, -0.2) is 0 Å². The molecule has 1 aliphatic rings. The first-order chi connectivity index (χ1) is 19.9. The SMILES string of the molecule is C/C=C\C=C\N1CCC[C@H]1C(O[Si](C)(C)C)(c1cc(C(F)(F)F)cc(C(F)(F)F)c1)c1cc(C(F)(F)F)cc(C(F)(F)F)c1. The molecule has 2 nitrogen and oxygen atoms in total. The van der Waals surface area contributed by atoms with Gasteiger partial charge in [-0.05, 0) is 99.2 Å². The number of hydrogen-bond donors (Lipinski definition) is 0. The lowest BCUT2D eigenvalue weighted by Gasteiger charge is -2.47. The minimum atomic E-state index is -5.35. The van der Waals surface area contributed by atoms with Gasteiger partial charge in [0.05, 0.1) is 28.3 Å². The zero-order valence-corrected chi connectivity index (χ0v) is 24.9. The van der Waals surface area contributed by atoms with Crippen LogP contribution in [0.4, 0.5) is 52.7 Å². The molecular formula is C29H29F12NOSi. The summed E-state index contributed by atoms with van der Waals surface area (Å²) in [4.78, 5) is 1.46. The van der Waals surface area contributed by atoms with Gasteiger partial charge < -0.3 is 9.33 Å². The average Bonchev–Trinajstić information content (AvgIpc) is 3.33. The highest BCUT2D eigenvalue weighted by molar-refractivity contribution is 6.69. The van der Waals surface area contributed by atoms with E-state index < -0.39 is 78.0 Å². The molecule has 44 heavy (non-hydrogen) atoms. The highest BCUT2D eigenvalue weighted by Gasteiger charge is 2.53. The minimum Gasteiger partial charge on any atom is -0.402 e. The van der Waals surface area contributed by atoms with Crippen molar-refractivity contribution in [3.05, 3.63) is 94.2 Å². The lowest BCUT2D eigenvalue weighted by atomic mass is 9.76. The van der Waals surface area contributed by atoms with Gasteiger partial charge in [0.1, 0.15) is 5.60 Å². The van der Waals surface area contributed by atoms with Crippen LogP contribution in [0.25, 0.3) is 0 Å². The molecule has 0 N–H and O–H groups in total. The second-order valence-electron chi connectivity index (χ2n) is 11.3. The predicted molar refractivity (Wildman–Crippen MR) is 142 cm³/mol. The molecule has 0 radical (unpaired) electrons. The summed E-state index contributed by atoms with van der Waals surface area (Å²) in [6.07, 6.45) is -15.1. The molecule has 1 heterocycles. The molecule has 0 amide bonds. The molecule has 2 aromatic rings. The van der Waals surface area contributed by atoms with E-state index in [4.69, 9.17) is 4.43 Å². The zero-order valence-electron chi connectivity index (χ0n) is 23.9. The Labute approximate surface area is 247 Å². The monoisotopic (exact) mass is 663 g/mol. The molecule has 0 saturated carbocycles. The fraction of sp³-hybridized carbons (Fsp3) is 0.448.